The van der Waals surface area contributed by atoms with E-state index in [0.717, 1.165) is 193 Å². The molecule has 0 aliphatic heterocycles. The molecule has 119 heavy (non-hydrogen) atoms. The van der Waals surface area contributed by atoms with Crippen LogP contribution in [0.5, 0.6) is 0 Å². The van der Waals surface area contributed by atoms with Crippen LogP contribution >= 0.6 is 15.6 Å². The average Bonchev–Trinajstić information content (AvgIpc) is 0.905. The molecule has 0 rings (SSSR count). The number of ether oxygens (including phenoxy) is 3. The van der Waals surface area contributed by atoms with Crippen LogP contribution in [0.4, 0.5) is 0 Å². The van der Waals surface area contributed by atoms with Crippen molar-refractivity contribution in [3.63, 3.8) is 0 Å². The Bertz CT molecular complexity index is 2890. The molecule has 16 nitrogen and oxygen atoms in total. The number of carbonyl (C=O) groups is 3. The lowest BCUT2D eigenvalue weighted by molar-refractivity contribution is -0.161. The maximum atomic E-state index is 13.1. The zero-order valence-corrected chi connectivity index (χ0v) is 76.8. The zero-order valence-electron chi connectivity index (χ0n) is 75.0. The molecule has 0 saturated heterocycles. The van der Waals surface area contributed by atoms with E-state index in [-0.39, 0.29) is 19.3 Å². The number of phosphoric ester groups is 2. The molecular weight excluding hydrogens is 1530 g/mol. The van der Waals surface area contributed by atoms with Crippen LogP contribution in [0.15, 0.2) is 182 Å². The van der Waals surface area contributed by atoms with Gasteiger partial charge in [0, 0.05) is 19.3 Å². The molecule has 0 aromatic rings. The number of phosphoric acid groups is 2. The van der Waals surface area contributed by atoms with E-state index in [9.17, 15) is 43.5 Å². The third-order valence-corrected chi connectivity index (χ3v) is 21.5. The lowest BCUT2D eigenvalue weighted by Gasteiger charge is -2.21. The second kappa shape index (κ2) is 91.8. The van der Waals surface area contributed by atoms with Crippen molar-refractivity contribution < 1.29 is 75.8 Å². The fraction of sp³-hybridized carbons (Fsp3) is 0.673. The van der Waals surface area contributed by atoms with Gasteiger partial charge in [-0.3, -0.25) is 32.5 Å². The quantitative estimate of drug-likeness (QED) is 0.0146. The fourth-order valence-corrected chi connectivity index (χ4v) is 14.1. The maximum Gasteiger partial charge on any atom is 0.472 e. The van der Waals surface area contributed by atoms with Crippen LogP contribution in [0.2, 0.25) is 0 Å². The summed E-state index contributed by atoms with van der Waals surface area (Å²) >= 11 is 0. The third-order valence-electron chi connectivity index (χ3n) is 19.6. The number of rotatable bonds is 88. The molecule has 0 aliphatic carbocycles. The van der Waals surface area contributed by atoms with E-state index < -0.39 is 91.5 Å². The zero-order chi connectivity index (χ0) is 86.5. The van der Waals surface area contributed by atoms with E-state index in [1.54, 1.807) is 0 Å². The normalized spacial score (nSPS) is 14.6. The molecule has 0 radical (unpaired) electrons. The summed E-state index contributed by atoms with van der Waals surface area (Å²) in [6.45, 7) is 2.45. The number of unbranched alkanes of at least 4 members (excludes halogenated alkanes) is 35. The third kappa shape index (κ3) is 93.2. The predicted molar refractivity (Wildman–Crippen MR) is 500 cm³/mol. The number of aliphatic hydroxyl groups is 2. The molecule has 0 saturated carbocycles. The molecule has 0 aromatic carbocycles. The van der Waals surface area contributed by atoms with Gasteiger partial charge in [-0.1, -0.05) is 383 Å². The highest BCUT2D eigenvalue weighted by molar-refractivity contribution is 7.47. The smallest absolute Gasteiger partial charge is 0.463 e. The van der Waals surface area contributed by atoms with Gasteiger partial charge in [-0.2, -0.15) is 0 Å². The van der Waals surface area contributed by atoms with Gasteiger partial charge < -0.3 is 34.2 Å². The second-order valence-electron chi connectivity index (χ2n) is 31.0. The average molecular weight is 1700 g/mol. The minimum absolute atomic E-state index is 0.0866. The van der Waals surface area contributed by atoms with Crippen LogP contribution in [0.1, 0.15) is 380 Å². The van der Waals surface area contributed by atoms with E-state index in [4.69, 9.17) is 32.3 Å². The summed E-state index contributed by atoms with van der Waals surface area (Å²) < 4.78 is 61.5. The Kier molecular flexibility index (Phi) is 87.7. The molecule has 0 bridgehead atoms. The van der Waals surface area contributed by atoms with Crippen molar-refractivity contribution in [2.75, 3.05) is 39.6 Å². The topological polar surface area (TPSA) is 231 Å². The molecule has 0 heterocycles. The highest BCUT2D eigenvalue weighted by atomic mass is 31.2. The Morgan fingerprint density at radius 1 is 0.244 bits per heavy atom. The van der Waals surface area contributed by atoms with Crippen molar-refractivity contribution in [3.05, 3.63) is 182 Å². The van der Waals surface area contributed by atoms with Crippen LogP contribution in [0, 0.1) is 0 Å². The minimum atomic E-state index is -4.95. The van der Waals surface area contributed by atoms with Gasteiger partial charge in [-0.05, 0) is 161 Å². The molecule has 0 fully saturated rings. The van der Waals surface area contributed by atoms with Crippen molar-refractivity contribution in [2.45, 2.75) is 399 Å². The summed E-state index contributed by atoms with van der Waals surface area (Å²) in [7, 11) is -9.82. The highest BCUT2D eigenvalue weighted by Crippen LogP contribution is 2.45. The van der Waals surface area contributed by atoms with Crippen LogP contribution in [0.25, 0.3) is 0 Å². The Balaban J connectivity index is 4.63. The first-order chi connectivity index (χ1) is 58.2. The maximum absolute atomic E-state index is 13.1. The Morgan fingerprint density at radius 2 is 0.445 bits per heavy atom. The molecule has 5 atom stereocenters. The first-order valence-corrected chi connectivity index (χ1v) is 50.1. The second-order valence-corrected chi connectivity index (χ2v) is 34.0. The standard InChI is InChI=1S/C101H170O16P2/c1-4-7-10-13-16-19-22-25-28-31-34-37-40-42-44-46-47-49-51-52-55-57-60-63-66-69-72-75-78-81-84-87-99(104)111-90-96(102)91-113-118(107,108)114-92-97(103)93-115-119(109,110)116-95-98(117-101(106)89-86-83-80-77-74-71-68-65-62-59-54-39-36-33-30-27-24-21-18-15-12-9-6-3)94-112-100(105)88-85-82-79-76-73-70-67-64-61-58-56-53-50-48-45-43-41-38-35-32-29-26-23-20-17-14-11-8-5-2/h7,9-10,12,16-21,25-30,34-39,42-45,47,49,59,62,96-98,102-103H,4-6,8,11,13-15,22-24,31-33,40-41,46,48,50-58,60-61,63-95H2,1-3H3,(H,107,108)(H,109,110)/b10-7-,12-9-,19-16-,20-17-,21-18-,28-25-,29-26-,30-27-,37-34-,38-35-,39-36-,44-42-,45-43-,49-47-,62-59-. The summed E-state index contributed by atoms with van der Waals surface area (Å²) in [5, 5.41) is 20.8. The SMILES string of the molecule is CC/C=C\C/C=C\C/C=C\C/C=C\C/C=C\C/C=C\CCCCCCCCCCCCCCC(=O)OCC(O)COP(=O)(O)OCC(O)COP(=O)(O)OCC(COC(=O)CCCCCCCCCCCCCCC/C=C\C/C=C\C/C=C\C/C=C\CCCCC)OC(=O)CCCCCCCCC/C=C\C/C=C\C/C=C\C/C=C\C/C=C\CC. The van der Waals surface area contributed by atoms with Gasteiger partial charge in [0.2, 0.25) is 0 Å². The minimum Gasteiger partial charge on any atom is -0.463 e. The van der Waals surface area contributed by atoms with Gasteiger partial charge >= 0.3 is 33.6 Å². The van der Waals surface area contributed by atoms with E-state index >= 15 is 0 Å². The Labute approximate surface area is 725 Å². The molecule has 0 amide bonds. The summed E-state index contributed by atoms with van der Waals surface area (Å²) in [6.07, 6.45) is 121. The molecule has 18 heteroatoms. The van der Waals surface area contributed by atoms with E-state index in [1.807, 2.05) is 0 Å². The summed E-state index contributed by atoms with van der Waals surface area (Å²) in [4.78, 5) is 59.1. The van der Waals surface area contributed by atoms with E-state index in [0.29, 0.717) is 19.3 Å². The van der Waals surface area contributed by atoms with Gasteiger partial charge in [0.05, 0.1) is 26.4 Å². The van der Waals surface area contributed by atoms with Crippen LogP contribution in [-0.4, -0.2) is 95.9 Å². The van der Waals surface area contributed by atoms with Gasteiger partial charge in [0.25, 0.3) is 0 Å². The van der Waals surface area contributed by atoms with Crippen LogP contribution in [0.3, 0.4) is 0 Å². The Morgan fingerprint density at radius 3 is 0.706 bits per heavy atom. The van der Waals surface area contributed by atoms with Gasteiger partial charge in [-0.25, -0.2) is 9.13 Å². The van der Waals surface area contributed by atoms with Crippen molar-refractivity contribution in [2.24, 2.45) is 0 Å². The number of allylic oxidation sites excluding steroid dienone is 30. The molecule has 0 aliphatic rings. The van der Waals surface area contributed by atoms with Gasteiger partial charge in [0.15, 0.2) is 6.10 Å². The molecular formula is C101H170O16P2. The Hall–Kier alpha value is -5.35. The van der Waals surface area contributed by atoms with Crippen molar-refractivity contribution in [1.29, 1.82) is 0 Å². The van der Waals surface area contributed by atoms with Gasteiger partial charge in [0.1, 0.15) is 25.4 Å². The van der Waals surface area contributed by atoms with E-state index in [1.165, 1.54) is 128 Å². The number of hydrogen-bond donors (Lipinski definition) is 4. The number of esters is 3. The molecule has 5 unspecified atom stereocenters. The summed E-state index contributed by atoms with van der Waals surface area (Å²) in [5.74, 6) is -1.59. The number of carbonyl (C=O) groups excluding carboxylic acids is 3. The van der Waals surface area contributed by atoms with Gasteiger partial charge in [-0.15, -0.1) is 0 Å². The first-order valence-electron chi connectivity index (χ1n) is 47.1. The largest absolute Gasteiger partial charge is 0.472 e. The molecule has 4 N–H and O–H groups in total. The monoisotopic (exact) mass is 1700 g/mol. The first kappa shape index (κ1) is 114. The number of aliphatic hydroxyl groups excluding tert-OH is 2. The van der Waals surface area contributed by atoms with E-state index in [2.05, 4.69) is 203 Å². The molecule has 680 valence electrons. The van der Waals surface area contributed by atoms with Crippen LogP contribution in [-0.2, 0) is 55.8 Å². The summed E-state index contributed by atoms with van der Waals surface area (Å²) in [5.41, 5.74) is 0. The molecule has 0 aromatic heterocycles. The summed E-state index contributed by atoms with van der Waals surface area (Å²) in [6, 6.07) is 0. The van der Waals surface area contributed by atoms with Crippen molar-refractivity contribution >= 4 is 33.6 Å². The fourth-order valence-electron chi connectivity index (χ4n) is 12.5. The lowest BCUT2D eigenvalue weighted by Crippen LogP contribution is -2.30. The highest BCUT2D eigenvalue weighted by Gasteiger charge is 2.29. The van der Waals surface area contributed by atoms with Crippen molar-refractivity contribution in [1.82, 2.24) is 0 Å². The predicted octanol–water partition coefficient (Wildman–Crippen LogP) is 29.2. The van der Waals surface area contributed by atoms with Crippen molar-refractivity contribution in [3.8, 4) is 0 Å². The number of hydrogen-bond acceptors (Lipinski definition) is 14. The van der Waals surface area contributed by atoms with Crippen LogP contribution < -0.4 is 0 Å². The molecule has 0 spiro atoms. The lowest BCUT2D eigenvalue weighted by atomic mass is 10.0.